The van der Waals surface area contributed by atoms with Gasteiger partial charge in [-0.25, -0.2) is 9.97 Å². The van der Waals surface area contributed by atoms with Crippen LogP contribution in [0.5, 0.6) is 5.88 Å². The fraction of sp³-hybridized carbons (Fsp3) is 0.600. The summed E-state index contributed by atoms with van der Waals surface area (Å²) < 4.78 is 4.87. The molecule has 0 amide bonds. The maximum atomic E-state index is 4.87. The van der Waals surface area contributed by atoms with Gasteiger partial charge in [0.05, 0.1) is 19.5 Å². The highest BCUT2D eigenvalue weighted by Crippen LogP contribution is 2.06. The molecule has 0 aromatic carbocycles. The van der Waals surface area contributed by atoms with Crippen molar-refractivity contribution in [3.8, 4) is 5.88 Å². The average molecular weight is 197 g/mol. The fourth-order valence-electron chi connectivity index (χ4n) is 0.792. The summed E-state index contributed by atoms with van der Waals surface area (Å²) in [6.45, 7) is 8.10. The molecule has 1 rings (SSSR count). The first-order chi connectivity index (χ1) is 6.72. The molecule has 1 heterocycles. The van der Waals surface area contributed by atoms with Crippen molar-refractivity contribution in [3.05, 3.63) is 12.4 Å². The zero-order valence-corrected chi connectivity index (χ0v) is 9.53. The summed E-state index contributed by atoms with van der Waals surface area (Å²) >= 11 is 0. The number of aromatic nitrogens is 2. The minimum absolute atomic E-state index is 0.368. The van der Waals surface area contributed by atoms with Crippen LogP contribution in [0.4, 0.5) is 5.82 Å². The van der Waals surface area contributed by atoms with Crippen molar-refractivity contribution in [3.63, 3.8) is 0 Å². The molecule has 14 heavy (non-hydrogen) atoms. The molecule has 4 heteroatoms. The number of hydrogen-bond donors (Lipinski definition) is 1. The predicted molar refractivity (Wildman–Crippen MR) is 58.7 cm³/mol. The monoisotopic (exact) mass is 197 g/mol. The Bertz CT molecular complexity index is 234. The lowest BCUT2D eigenvalue weighted by Gasteiger charge is -2.07. The van der Waals surface area contributed by atoms with E-state index in [9.17, 15) is 0 Å². The number of hydrogen-bond acceptors (Lipinski definition) is 4. The first kappa shape index (κ1) is 12.7. The summed E-state index contributed by atoms with van der Waals surface area (Å²) in [4.78, 5) is 8.09. The number of nitrogens with zero attached hydrogens (tertiary/aromatic N) is 2. The fourth-order valence-corrected chi connectivity index (χ4v) is 0.792. The maximum absolute atomic E-state index is 4.87. The summed E-state index contributed by atoms with van der Waals surface area (Å²) in [6.07, 6.45) is 3.24. The molecule has 4 nitrogen and oxygen atoms in total. The van der Waals surface area contributed by atoms with Crippen LogP contribution in [0.3, 0.4) is 0 Å². The van der Waals surface area contributed by atoms with E-state index in [1.54, 1.807) is 19.5 Å². The van der Waals surface area contributed by atoms with Crippen molar-refractivity contribution >= 4 is 5.82 Å². The average Bonchev–Trinajstić information content (AvgIpc) is 2.21. The number of ether oxygens (including phenoxy) is 1. The van der Waals surface area contributed by atoms with Crippen LogP contribution in [0, 0.1) is 0 Å². The second kappa shape index (κ2) is 7.12. The van der Waals surface area contributed by atoms with E-state index in [0.717, 1.165) is 5.82 Å². The van der Waals surface area contributed by atoms with E-state index in [-0.39, 0.29) is 0 Å². The lowest BCUT2D eigenvalue weighted by molar-refractivity contribution is 0.396. The topological polar surface area (TPSA) is 47.0 Å². The summed E-state index contributed by atoms with van der Waals surface area (Å²) in [5.41, 5.74) is 0. The van der Waals surface area contributed by atoms with Gasteiger partial charge in [0.25, 0.3) is 0 Å². The molecule has 0 radical (unpaired) electrons. The van der Waals surface area contributed by atoms with Gasteiger partial charge in [-0.15, -0.1) is 0 Å². The summed E-state index contributed by atoms with van der Waals surface area (Å²) in [5.74, 6) is 1.30. The van der Waals surface area contributed by atoms with Gasteiger partial charge in [-0.3, -0.25) is 0 Å². The smallest absolute Gasteiger partial charge is 0.232 e. The molecule has 1 aromatic heterocycles. The Morgan fingerprint density at radius 1 is 1.21 bits per heavy atom. The van der Waals surface area contributed by atoms with Crippen LogP contribution in [0.25, 0.3) is 0 Å². The lowest BCUT2D eigenvalue weighted by atomic mass is 10.4. The molecule has 0 aliphatic carbocycles. The Balaban J connectivity index is 0.000000791. The third kappa shape index (κ3) is 4.64. The van der Waals surface area contributed by atoms with Crippen LogP contribution in [0.1, 0.15) is 27.7 Å². The van der Waals surface area contributed by atoms with E-state index >= 15 is 0 Å². The molecule has 1 N–H and O–H groups in total. The maximum Gasteiger partial charge on any atom is 0.232 e. The van der Waals surface area contributed by atoms with Gasteiger partial charge in [0, 0.05) is 6.04 Å². The molecule has 0 bridgehead atoms. The SMILES string of the molecule is CC.COc1cnc(NC(C)C)cn1. The van der Waals surface area contributed by atoms with Crippen LogP contribution >= 0.6 is 0 Å². The first-order valence-corrected chi connectivity index (χ1v) is 4.85. The predicted octanol–water partition coefficient (Wildman–Crippen LogP) is 2.33. The van der Waals surface area contributed by atoms with Gasteiger partial charge in [-0.2, -0.15) is 0 Å². The molecule has 0 spiro atoms. The second-order valence-corrected chi connectivity index (χ2v) is 2.74. The lowest BCUT2D eigenvalue weighted by Crippen LogP contribution is -2.11. The normalized spacial score (nSPS) is 9.00. The van der Waals surface area contributed by atoms with Gasteiger partial charge in [0.1, 0.15) is 5.82 Å². The minimum atomic E-state index is 0.368. The third-order valence-corrected chi connectivity index (χ3v) is 1.27. The Labute approximate surface area is 85.7 Å². The molecule has 0 aliphatic heterocycles. The van der Waals surface area contributed by atoms with Crippen molar-refractivity contribution in [1.82, 2.24) is 9.97 Å². The Morgan fingerprint density at radius 3 is 2.21 bits per heavy atom. The molecule has 0 unspecified atom stereocenters. The van der Waals surface area contributed by atoms with Crippen molar-refractivity contribution in [1.29, 1.82) is 0 Å². The first-order valence-electron chi connectivity index (χ1n) is 4.85. The van der Waals surface area contributed by atoms with Crippen molar-refractivity contribution in [2.24, 2.45) is 0 Å². The number of nitrogens with one attached hydrogen (secondary N) is 1. The zero-order valence-electron chi connectivity index (χ0n) is 9.53. The highest BCUT2D eigenvalue weighted by atomic mass is 16.5. The highest BCUT2D eigenvalue weighted by Gasteiger charge is 1.97. The van der Waals surface area contributed by atoms with Crippen molar-refractivity contribution in [2.75, 3.05) is 12.4 Å². The molecule has 0 atom stereocenters. The molecule has 0 aliphatic rings. The van der Waals surface area contributed by atoms with Crippen LogP contribution in [-0.2, 0) is 0 Å². The summed E-state index contributed by atoms with van der Waals surface area (Å²) in [7, 11) is 1.57. The summed E-state index contributed by atoms with van der Waals surface area (Å²) in [6, 6.07) is 0.368. The van der Waals surface area contributed by atoms with E-state index in [0.29, 0.717) is 11.9 Å². The molecular weight excluding hydrogens is 178 g/mol. The van der Waals surface area contributed by atoms with Crippen molar-refractivity contribution < 1.29 is 4.74 Å². The van der Waals surface area contributed by atoms with Gasteiger partial charge in [0.15, 0.2) is 0 Å². The molecule has 0 fully saturated rings. The van der Waals surface area contributed by atoms with Gasteiger partial charge in [-0.1, -0.05) is 13.8 Å². The largest absolute Gasteiger partial charge is 0.480 e. The quantitative estimate of drug-likeness (QED) is 0.807. The van der Waals surface area contributed by atoms with E-state index in [2.05, 4.69) is 15.3 Å². The Morgan fingerprint density at radius 2 is 1.86 bits per heavy atom. The van der Waals surface area contributed by atoms with Gasteiger partial charge in [0.2, 0.25) is 5.88 Å². The summed E-state index contributed by atoms with van der Waals surface area (Å²) in [5, 5.41) is 3.13. The number of methoxy groups -OCH3 is 1. The third-order valence-electron chi connectivity index (χ3n) is 1.27. The second-order valence-electron chi connectivity index (χ2n) is 2.74. The standard InChI is InChI=1S/C8H13N3O.C2H6/c1-6(2)11-7-4-10-8(12-3)5-9-7;1-2/h4-6H,1-3H3,(H,9,11);1-2H3. The highest BCUT2D eigenvalue weighted by molar-refractivity contribution is 5.32. The van der Waals surface area contributed by atoms with Crippen LogP contribution < -0.4 is 10.1 Å². The van der Waals surface area contributed by atoms with Gasteiger partial charge < -0.3 is 10.1 Å². The van der Waals surface area contributed by atoms with E-state index < -0.39 is 0 Å². The van der Waals surface area contributed by atoms with Crippen LogP contribution in [-0.4, -0.2) is 23.1 Å². The minimum Gasteiger partial charge on any atom is -0.480 e. The Hall–Kier alpha value is -1.32. The van der Waals surface area contributed by atoms with Crippen LogP contribution in [0.15, 0.2) is 12.4 Å². The van der Waals surface area contributed by atoms with Crippen LogP contribution in [0.2, 0.25) is 0 Å². The zero-order chi connectivity index (χ0) is 11.0. The van der Waals surface area contributed by atoms with E-state index in [4.69, 9.17) is 4.74 Å². The number of rotatable bonds is 3. The van der Waals surface area contributed by atoms with E-state index in [1.807, 2.05) is 27.7 Å². The van der Waals surface area contributed by atoms with Crippen molar-refractivity contribution in [2.45, 2.75) is 33.7 Å². The molecule has 1 aromatic rings. The molecule has 80 valence electrons. The molecule has 0 saturated heterocycles. The van der Waals surface area contributed by atoms with Gasteiger partial charge >= 0.3 is 0 Å². The molecular formula is C10H19N3O. The van der Waals surface area contributed by atoms with Gasteiger partial charge in [-0.05, 0) is 13.8 Å². The Kier molecular flexibility index (Phi) is 6.45. The molecule has 0 saturated carbocycles. The van der Waals surface area contributed by atoms with E-state index in [1.165, 1.54) is 0 Å². The number of anilines is 1.